The molecule has 0 unspecified atom stereocenters. The zero-order valence-electron chi connectivity index (χ0n) is 17.1. The fourth-order valence-electron chi connectivity index (χ4n) is 3.25. The van der Waals surface area contributed by atoms with Gasteiger partial charge in [0.25, 0.3) is 5.91 Å². The van der Waals surface area contributed by atoms with Crippen molar-refractivity contribution >= 4 is 43.1 Å². The minimum atomic E-state index is -3.71. The Bertz CT molecular complexity index is 1180. The average molecular weight is 487 g/mol. The van der Waals surface area contributed by atoms with Crippen molar-refractivity contribution in [1.29, 1.82) is 0 Å². The van der Waals surface area contributed by atoms with Crippen molar-refractivity contribution in [3.05, 3.63) is 41.2 Å². The summed E-state index contributed by atoms with van der Waals surface area (Å²) in [5, 5.41) is 1.96. The molecule has 1 aliphatic heterocycles. The standard InChI is InChI=1S/C19H23ClN4O5S2/c1-3-30(26,27)19-21-12-16(20)17(23-19)18(25)22-14-7-9-15(10-8-14)31(28,29)24-11-5-4-6-13(24)2/h7-10,12-13H,3-6,11H2,1-2H3,(H,22,25)/t13-/m1/s1. The third-order valence-electron chi connectivity index (χ3n) is 5.06. The van der Waals surface area contributed by atoms with E-state index < -0.39 is 30.9 Å². The summed E-state index contributed by atoms with van der Waals surface area (Å²) >= 11 is 5.97. The Morgan fingerprint density at radius 2 is 1.87 bits per heavy atom. The molecule has 0 aliphatic carbocycles. The molecular formula is C19H23ClN4O5S2. The molecule has 2 heterocycles. The van der Waals surface area contributed by atoms with E-state index in [1.165, 1.54) is 35.5 Å². The predicted molar refractivity (Wildman–Crippen MR) is 116 cm³/mol. The van der Waals surface area contributed by atoms with Crippen LogP contribution in [0, 0.1) is 0 Å². The predicted octanol–water partition coefficient (Wildman–Crippen LogP) is 2.74. The smallest absolute Gasteiger partial charge is 0.275 e. The maximum absolute atomic E-state index is 12.9. The van der Waals surface area contributed by atoms with E-state index in [0.29, 0.717) is 12.2 Å². The van der Waals surface area contributed by atoms with Crippen LogP contribution in [-0.2, 0) is 19.9 Å². The number of carbonyl (C=O) groups excluding carboxylic acids is 1. The van der Waals surface area contributed by atoms with Crippen molar-refractivity contribution in [2.24, 2.45) is 0 Å². The molecule has 31 heavy (non-hydrogen) atoms. The van der Waals surface area contributed by atoms with Gasteiger partial charge in [-0.2, -0.15) is 4.31 Å². The number of sulfonamides is 1. The van der Waals surface area contributed by atoms with Gasteiger partial charge in [0.1, 0.15) is 0 Å². The summed E-state index contributed by atoms with van der Waals surface area (Å²) < 4.78 is 51.2. The van der Waals surface area contributed by atoms with Crippen LogP contribution in [0.25, 0.3) is 0 Å². The highest BCUT2D eigenvalue weighted by Gasteiger charge is 2.31. The van der Waals surface area contributed by atoms with Crippen molar-refractivity contribution in [3.8, 4) is 0 Å². The molecule has 1 aliphatic rings. The average Bonchev–Trinajstić information content (AvgIpc) is 2.74. The Morgan fingerprint density at radius 1 is 1.19 bits per heavy atom. The first kappa shape index (κ1) is 23.6. The first-order chi connectivity index (χ1) is 14.6. The third kappa shape index (κ3) is 5.05. The maximum atomic E-state index is 12.9. The lowest BCUT2D eigenvalue weighted by molar-refractivity contribution is 0.102. The van der Waals surface area contributed by atoms with Crippen molar-refractivity contribution in [2.45, 2.75) is 49.2 Å². The van der Waals surface area contributed by atoms with Gasteiger partial charge in [0, 0.05) is 18.3 Å². The third-order valence-corrected chi connectivity index (χ3v) is 8.87. The van der Waals surface area contributed by atoms with Crippen molar-refractivity contribution in [1.82, 2.24) is 14.3 Å². The van der Waals surface area contributed by atoms with Gasteiger partial charge in [0.2, 0.25) is 25.0 Å². The van der Waals surface area contributed by atoms with E-state index in [9.17, 15) is 21.6 Å². The molecule has 2 aromatic rings. The van der Waals surface area contributed by atoms with Crippen LogP contribution in [0.15, 0.2) is 40.5 Å². The van der Waals surface area contributed by atoms with E-state index in [2.05, 4.69) is 15.3 Å². The summed E-state index contributed by atoms with van der Waals surface area (Å²) in [7, 11) is -7.34. The maximum Gasteiger partial charge on any atom is 0.275 e. The van der Waals surface area contributed by atoms with Crippen LogP contribution in [0.1, 0.15) is 43.6 Å². The van der Waals surface area contributed by atoms with Gasteiger partial charge < -0.3 is 5.32 Å². The number of sulfone groups is 1. The van der Waals surface area contributed by atoms with Gasteiger partial charge in [0.05, 0.1) is 21.9 Å². The summed E-state index contributed by atoms with van der Waals surface area (Å²) in [5.74, 6) is -0.957. The zero-order valence-corrected chi connectivity index (χ0v) is 19.5. The monoisotopic (exact) mass is 486 g/mol. The molecule has 3 rings (SSSR count). The fraction of sp³-hybridized carbons (Fsp3) is 0.421. The van der Waals surface area contributed by atoms with Gasteiger partial charge in [-0.3, -0.25) is 4.79 Å². The van der Waals surface area contributed by atoms with E-state index in [1.54, 1.807) is 0 Å². The van der Waals surface area contributed by atoms with Crippen LogP contribution in [0.5, 0.6) is 0 Å². The first-order valence-electron chi connectivity index (χ1n) is 9.75. The molecule has 0 radical (unpaired) electrons. The number of nitrogens with zero attached hydrogens (tertiary/aromatic N) is 3. The number of anilines is 1. The van der Waals surface area contributed by atoms with Crippen LogP contribution in [-0.4, -0.2) is 55.4 Å². The van der Waals surface area contributed by atoms with Crippen molar-refractivity contribution in [3.63, 3.8) is 0 Å². The number of carbonyl (C=O) groups is 1. The second-order valence-electron chi connectivity index (χ2n) is 7.19. The number of nitrogens with one attached hydrogen (secondary N) is 1. The van der Waals surface area contributed by atoms with Crippen molar-refractivity contribution in [2.75, 3.05) is 17.6 Å². The van der Waals surface area contributed by atoms with Crippen LogP contribution in [0.4, 0.5) is 5.69 Å². The lowest BCUT2D eigenvalue weighted by atomic mass is 10.1. The van der Waals surface area contributed by atoms with Crippen LogP contribution >= 0.6 is 11.6 Å². The molecule has 1 amide bonds. The Labute approximate surface area is 186 Å². The van der Waals surface area contributed by atoms with Gasteiger partial charge in [-0.1, -0.05) is 24.9 Å². The van der Waals surface area contributed by atoms with Crippen LogP contribution in [0.3, 0.4) is 0 Å². The molecule has 1 saturated heterocycles. The molecule has 0 bridgehead atoms. The quantitative estimate of drug-likeness (QED) is 0.622. The normalized spacial score (nSPS) is 18.0. The van der Waals surface area contributed by atoms with Gasteiger partial charge in [-0.25, -0.2) is 26.8 Å². The Kier molecular flexibility index (Phi) is 6.99. The molecule has 0 saturated carbocycles. The number of aromatic nitrogens is 2. The number of benzene rings is 1. The Hall–Kier alpha value is -2.08. The molecule has 0 spiro atoms. The minimum Gasteiger partial charge on any atom is -0.321 e. The number of rotatable bonds is 6. The number of piperidine rings is 1. The second-order valence-corrected chi connectivity index (χ2v) is 11.7. The molecule has 9 nitrogen and oxygen atoms in total. The SMILES string of the molecule is CCS(=O)(=O)c1ncc(Cl)c(C(=O)Nc2ccc(S(=O)(=O)N3CCCC[C@H]3C)cc2)n1. The van der Waals surface area contributed by atoms with Crippen LogP contribution in [0.2, 0.25) is 5.02 Å². The van der Waals surface area contributed by atoms with Crippen molar-refractivity contribution < 1.29 is 21.6 Å². The highest BCUT2D eigenvalue weighted by molar-refractivity contribution is 7.91. The summed E-state index contributed by atoms with van der Waals surface area (Å²) in [6.07, 6.45) is 3.71. The highest BCUT2D eigenvalue weighted by atomic mass is 35.5. The van der Waals surface area contributed by atoms with Crippen LogP contribution < -0.4 is 5.32 Å². The largest absolute Gasteiger partial charge is 0.321 e. The first-order valence-corrected chi connectivity index (χ1v) is 13.2. The molecule has 1 atom stereocenters. The van der Waals surface area contributed by atoms with Gasteiger partial charge in [-0.05, 0) is 44.0 Å². The Balaban J connectivity index is 1.80. The molecule has 1 aromatic heterocycles. The molecular weight excluding hydrogens is 464 g/mol. The molecule has 1 fully saturated rings. The summed E-state index contributed by atoms with van der Waals surface area (Å²) in [5.41, 5.74) is 0.0211. The molecule has 12 heteroatoms. The number of hydrogen-bond donors (Lipinski definition) is 1. The number of halogens is 1. The molecule has 168 valence electrons. The summed E-state index contributed by atoms with van der Waals surface area (Å²) in [6.45, 7) is 3.81. The van der Waals surface area contributed by atoms with E-state index in [-0.39, 0.29) is 27.4 Å². The second kappa shape index (κ2) is 9.19. The lowest BCUT2D eigenvalue weighted by Gasteiger charge is -2.32. The number of amides is 1. The van der Waals surface area contributed by atoms with Gasteiger partial charge in [0.15, 0.2) is 5.69 Å². The fourth-order valence-corrected chi connectivity index (χ4v) is 5.83. The van der Waals surface area contributed by atoms with E-state index >= 15 is 0 Å². The number of hydrogen-bond acceptors (Lipinski definition) is 7. The van der Waals surface area contributed by atoms with Gasteiger partial charge >= 0.3 is 0 Å². The topological polar surface area (TPSA) is 126 Å². The van der Waals surface area contributed by atoms with E-state index in [0.717, 1.165) is 25.5 Å². The zero-order chi connectivity index (χ0) is 22.8. The molecule has 1 N–H and O–H groups in total. The van der Waals surface area contributed by atoms with E-state index in [4.69, 9.17) is 11.6 Å². The molecule has 1 aromatic carbocycles. The summed E-state index contributed by atoms with van der Waals surface area (Å²) in [6, 6.07) is 5.68. The highest BCUT2D eigenvalue weighted by Crippen LogP contribution is 2.26. The summed E-state index contributed by atoms with van der Waals surface area (Å²) in [4.78, 5) is 20.2. The Morgan fingerprint density at radius 3 is 2.48 bits per heavy atom. The lowest BCUT2D eigenvalue weighted by Crippen LogP contribution is -2.41. The van der Waals surface area contributed by atoms with Gasteiger partial charge in [-0.15, -0.1) is 0 Å². The minimum absolute atomic E-state index is 0.0633. The van der Waals surface area contributed by atoms with E-state index in [1.807, 2.05) is 6.92 Å².